The molecule has 0 aliphatic carbocycles. The summed E-state index contributed by atoms with van der Waals surface area (Å²) in [5.74, 6) is 1.30. The molecule has 0 unspecified atom stereocenters. The third-order valence-electron chi connectivity index (χ3n) is 5.37. The van der Waals surface area contributed by atoms with Crippen LogP contribution in [0.5, 0.6) is 5.75 Å². The lowest BCUT2D eigenvalue weighted by Crippen LogP contribution is -2.65. The van der Waals surface area contributed by atoms with Gasteiger partial charge in [0.1, 0.15) is 5.75 Å². The lowest BCUT2D eigenvalue weighted by Gasteiger charge is -2.44. The summed E-state index contributed by atoms with van der Waals surface area (Å²) < 4.78 is 16.7. The number of β-lactam (4-membered cyclic amide) rings is 1. The predicted octanol–water partition coefficient (Wildman–Crippen LogP) is 4.52. The molecule has 1 aliphatic heterocycles. The molecule has 1 heterocycles. The summed E-state index contributed by atoms with van der Waals surface area (Å²) in [6, 6.07) is 7.21. The van der Waals surface area contributed by atoms with E-state index < -0.39 is 14.4 Å². The SMILES string of the molecule is C=C(/C=C/[C@H]1[C@@H](OC)C(=O)N1c1ccc(OC)cc1)O[Si](C)(C)C(C)(C)C. The van der Waals surface area contributed by atoms with E-state index in [2.05, 4.69) is 40.4 Å². The van der Waals surface area contributed by atoms with Gasteiger partial charge in [0.05, 0.1) is 18.9 Å². The predicted molar refractivity (Wildman–Crippen MR) is 112 cm³/mol. The molecule has 148 valence electrons. The number of carbonyl (C=O) groups excluding carboxylic acids is 1. The van der Waals surface area contributed by atoms with Crippen LogP contribution in [0.1, 0.15) is 20.8 Å². The van der Waals surface area contributed by atoms with Crippen molar-refractivity contribution in [1.82, 2.24) is 0 Å². The van der Waals surface area contributed by atoms with Crippen LogP contribution < -0.4 is 9.64 Å². The van der Waals surface area contributed by atoms with E-state index in [4.69, 9.17) is 13.9 Å². The molecular formula is C21H31NO4Si. The highest BCUT2D eigenvalue weighted by Crippen LogP contribution is 2.38. The molecule has 0 spiro atoms. The van der Waals surface area contributed by atoms with E-state index in [9.17, 15) is 4.79 Å². The number of hydrogen-bond donors (Lipinski definition) is 0. The smallest absolute Gasteiger partial charge is 0.259 e. The highest BCUT2D eigenvalue weighted by Gasteiger charge is 2.47. The van der Waals surface area contributed by atoms with Gasteiger partial charge in [-0.05, 0) is 48.5 Å². The van der Waals surface area contributed by atoms with Crippen molar-refractivity contribution in [1.29, 1.82) is 0 Å². The molecule has 0 aromatic heterocycles. The van der Waals surface area contributed by atoms with Crippen molar-refractivity contribution < 1.29 is 18.7 Å². The molecule has 0 N–H and O–H groups in total. The van der Waals surface area contributed by atoms with E-state index in [-0.39, 0.29) is 17.0 Å². The van der Waals surface area contributed by atoms with E-state index in [1.165, 1.54) is 0 Å². The summed E-state index contributed by atoms with van der Waals surface area (Å²) >= 11 is 0. The van der Waals surface area contributed by atoms with Crippen molar-refractivity contribution in [3.8, 4) is 5.75 Å². The first-order valence-electron chi connectivity index (χ1n) is 9.08. The molecule has 1 aromatic rings. The lowest BCUT2D eigenvalue weighted by atomic mass is 9.96. The number of anilines is 1. The number of allylic oxidation sites excluding steroid dienone is 1. The van der Waals surface area contributed by atoms with Gasteiger partial charge in [-0.25, -0.2) is 0 Å². The first-order valence-corrected chi connectivity index (χ1v) is 12.0. The molecule has 27 heavy (non-hydrogen) atoms. The van der Waals surface area contributed by atoms with Gasteiger partial charge in [-0.1, -0.05) is 33.4 Å². The Morgan fingerprint density at radius 3 is 2.26 bits per heavy atom. The summed E-state index contributed by atoms with van der Waals surface area (Å²) in [6.07, 6.45) is 3.28. The molecule has 0 bridgehead atoms. The zero-order chi connectivity index (χ0) is 20.4. The number of ether oxygens (including phenoxy) is 2. The van der Waals surface area contributed by atoms with Gasteiger partial charge in [-0.2, -0.15) is 0 Å². The molecule has 1 aromatic carbocycles. The molecule has 1 aliphatic rings. The van der Waals surface area contributed by atoms with Crippen LogP contribution in [0.2, 0.25) is 18.1 Å². The molecular weight excluding hydrogens is 358 g/mol. The van der Waals surface area contributed by atoms with Gasteiger partial charge in [-0.3, -0.25) is 9.69 Å². The van der Waals surface area contributed by atoms with E-state index in [1.54, 1.807) is 19.1 Å². The second-order valence-electron chi connectivity index (χ2n) is 8.24. The first-order chi connectivity index (χ1) is 12.5. The average molecular weight is 390 g/mol. The van der Waals surface area contributed by atoms with Crippen LogP contribution in [0.25, 0.3) is 0 Å². The Kier molecular flexibility index (Phi) is 6.22. The summed E-state index contributed by atoms with van der Waals surface area (Å²) in [5, 5.41) is 0.0976. The van der Waals surface area contributed by atoms with Crippen molar-refractivity contribution in [3.63, 3.8) is 0 Å². The standard InChI is InChI=1S/C21H31NO4Si/c1-15(26-27(7,8)21(2,3)4)9-14-18-19(25-6)20(23)22(18)16-10-12-17(24-5)13-11-16/h9-14,18-19H,1H2,2-8H3/b14-9+/t18-,19+/m0/s1. The van der Waals surface area contributed by atoms with Gasteiger partial charge in [0, 0.05) is 12.8 Å². The van der Waals surface area contributed by atoms with Crippen molar-refractivity contribution >= 4 is 19.9 Å². The Morgan fingerprint density at radius 1 is 1.19 bits per heavy atom. The Labute approximate surface area is 163 Å². The normalized spacial score (nSPS) is 20.6. The number of benzene rings is 1. The Balaban J connectivity index is 2.14. The minimum atomic E-state index is -1.94. The molecule has 2 atom stereocenters. The second-order valence-corrected chi connectivity index (χ2v) is 13.0. The Hall–Kier alpha value is -2.05. The molecule has 1 amide bonds. The summed E-state index contributed by atoms with van der Waals surface area (Å²) in [7, 11) is 1.23. The van der Waals surface area contributed by atoms with Crippen LogP contribution in [0.4, 0.5) is 5.69 Å². The van der Waals surface area contributed by atoms with Gasteiger partial charge in [0.25, 0.3) is 5.91 Å². The largest absolute Gasteiger partial charge is 0.544 e. The quantitative estimate of drug-likeness (QED) is 0.298. The lowest BCUT2D eigenvalue weighted by molar-refractivity contribution is -0.137. The number of rotatable bonds is 7. The Bertz CT molecular complexity index is 719. The summed E-state index contributed by atoms with van der Waals surface area (Å²) in [5.41, 5.74) is 0.805. The highest BCUT2D eigenvalue weighted by atomic mass is 28.4. The van der Waals surface area contributed by atoms with Crippen molar-refractivity contribution in [3.05, 3.63) is 48.8 Å². The number of amides is 1. The minimum Gasteiger partial charge on any atom is -0.544 e. The second kappa shape index (κ2) is 7.90. The summed E-state index contributed by atoms with van der Waals surface area (Å²) in [6.45, 7) is 15.0. The fraction of sp³-hybridized carbons (Fsp3) is 0.476. The molecule has 1 saturated heterocycles. The van der Waals surface area contributed by atoms with Crippen molar-refractivity contribution in [2.45, 2.75) is 51.0 Å². The van der Waals surface area contributed by atoms with Gasteiger partial charge in [0.15, 0.2) is 6.10 Å². The average Bonchev–Trinajstić information content (AvgIpc) is 2.58. The molecule has 0 saturated carbocycles. The van der Waals surface area contributed by atoms with E-state index in [0.29, 0.717) is 5.76 Å². The van der Waals surface area contributed by atoms with Gasteiger partial charge >= 0.3 is 0 Å². The van der Waals surface area contributed by atoms with Crippen LogP contribution in [0.3, 0.4) is 0 Å². The maximum atomic E-state index is 12.5. The number of hydrogen-bond acceptors (Lipinski definition) is 4. The number of carbonyl (C=O) groups is 1. The maximum Gasteiger partial charge on any atom is 0.259 e. The monoisotopic (exact) mass is 389 g/mol. The van der Waals surface area contributed by atoms with Crippen molar-refractivity contribution in [2.24, 2.45) is 0 Å². The van der Waals surface area contributed by atoms with E-state index in [1.807, 2.05) is 36.4 Å². The third-order valence-corrected chi connectivity index (χ3v) is 9.75. The molecule has 2 rings (SSSR count). The molecule has 5 nitrogen and oxygen atoms in total. The van der Waals surface area contributed by atoms with Crippen LogP contribution in [0, 0.1) is 0 Å². The fourth-order valence-corrected chi connectivity index (χ4v) is 3.70. The van der Waals surface area contributed by atoms with Crippen LogP contribution in [-0.4, -0.2) is 40.6 Å². The third kappa shape index (κ3) is 4.44. The van der Waals surface area contributed by atoms with Gasteiger partial charge in [0.2, 0.25) is 8.32 Å². The minimum absolute atomic E-state index is 0.0618. The van der Waals surface area contributed by atoms with Gasteiger partial charge in [-0.15, -0.1) is 0 Å². The molecule has 0 radical (unpaired) electrons. The first kappa shape index (κ1) is 21.2. The molecule has 6 heteroatoms. The summed E-state index contributed by atoms with van der Waals surface area (Å²) in [4.78, 5) is 14.2. The van der Waals surface area contributed by atoms with Gasteiger partial charge < -0.3 is 13.9 Å². The van der Waals surface area contributed by atoms with E-state index in [0.717, 1.165) is 11.4 Å². The molecule has 1 fully saturated rings. The van der Waals surface area contributed by atoms with Crippen LogP contribution in [0.15, 0.2) is 48.8 Å². The van der Waals surface area contributed by atoms with Crippen molar-refractivity contribution in [2.75, 3.05) is 19.1 Å². The maximum absolute atomic E-state index is 12.5. The zero-order valence-electron chi connectivity index (χ0n) is 17.4. The highest BCUT2D eigenvalue weighted by molar-refractivity contribution is 6.74. The van der Waals surface area contributed by atoms with E-state index >= 15 is 0 Å². The zero-order valence-corrected chi connectivity index (χ0v) is 18.4. The van der Waals surface area contributed by atoms with Crippen LogP contribution >= 0.6 is 0 Å². The number of methoxy groups -OCH3 is 2. The van der Waals surface area contributed by atoms with Crippen LogP contribution in [-0.2, 0) is 14.0 Å². The fourth-order valence-electron chi connectivity index (χ4n) is 2.67. The topological polar surface area (TPSA) is 48.0 Å². The Morgan fingerprint density at radius 2 is 1.78 bits per heavy atom. The number of nitrogens with zero attached hydrogens (tertiary/aromatic N) is 1.